The van der Waals surface area contributed by atoms with Crippen LogP contribution in [0.2, 0.25) is 0 Å². The highest BCUT2D eigenvalue weighted by Crippen LogP contribution is 2.55. The highest BCUT2D eigenvalue weighted by Gasteiger charge is 2.66. The molecule has 6 heteroatoms. The molecule has 0 saturated carbocycles. The van der Waals surface area contributed by atoms with Crippen LogP contribution in [0.15, 0.2) is 72.9 Å². The fourth-order valence-electron chi connectivity index (χ4n) is 5.58. The highest BCUT2D eigenvalue weighted by atomic mass is 16.5. The molecule has 0 radical (unpaired) electrons. The largest absolute Gasteiger partial charge is 0.427 e. The van der Waals surface area contributed by atoms with Gasteiger partial charge in [-0.05, 0) is 29.8 Å². The van der Waals surface area contributed by atoms with Gasteiger partial charge in [-0.15, -0.1) is 0 Å². The summed E-state index contributed by atoms with van der Waals surface area (Å²) in [5, 5.41) is 0. The Kier molecular flexibility index (Phi) is 3.69. The van der Waals surface area contributed by atoms with Gasteiger partial charge in [0.05, 0.1) is 17.5 Å². The molecule has 0 spiro atoms. The van der Waals surface area contributed by atoms with Crippen LogP contribution < -0.4 is 14.2 Å². The van der Waals surface area contributed by atoms with E-state index in [1.807, 2.05) is 30.5 Å². The van der Waals surface area contributed by atoms with Crippen LogP contribution in [0.5, 0.6) is 5.75 Å². The van der Waals surface area contributed by atoms with Gasteiger partial charge in [0.25, 0.3) is 0 Å². The maximum Gasteiger partial charge on any atom is 0.308 e. The zero-order valence-corrected chi connectivity index (χ0v) is 16.8. The molecule has 31 heavy (non-hydrogen) atoms. The standard InChI is InChI=1S/C25H19N2O4/c1-14(28)31-16-11-9-15(10-12-16)27-24(29)21-20-17-6-2-3-7-18(17)23(22(21)25(27)30)26-13-5-4-8-19(20)26/h2-13,20-23H,1H3/q+1/t20-,21+,22+,23-/m0/s1. The Morgan fingerprint density at radius 2 is 1.55 bits per heavy atom. The van der Waals surface area contributed by atoms with Gasteiger partial charge in [-0.1, -0.05) is 30.3 Å². The lowest BCUT2D eigenvalue weighted by Crippen LogP contribution is -2.59. The summed E-state index contributed by atoms with van der Waals surface area (Å²) in [4.78, 5) is 39.8. The summed E-state index contributed by atoms with van der Waals surface area (Å²) in [6.45, 7) is 1.33. The molecule has 2 amide bonds. The molecule has 1 fully saturated rings. The lowest BCUT2D eigenvalue weighted by molar-refractivity contribution is -0.736. The van der Waals surface area contributed by atoms with Crippen molar-refractivity contribution in [2.24, 2.45) is 11.8 Å². The van der Waals surface area contributed by atoms with Gasteiger partial charge in [-0.25, -0.2) is 4.90 Å². The normalized spacial score (nSPS) is 25.1. The molecule has 6 nitrogen and oxygen atoms in total. The fourth-order valence-corrected chi connectivity index (χ4v) is 5.58. The number of aromatic nitrogens is 1. The zero-order valence-electron chi connectivity index (χ0n) is 16.8. The Labute approximate surface area is 178 Å². The third-order valence-corrected chi connectivity index (χ3v) is 6.64. The van der Waals surface area contributed by atoms with Gasteiger partial charge in [0, 0.05) is 24.6 Å². The van der Waals surface area contributed by atoms with Crippen LogP contribution in [-0.2, 0) is 14.4 Å². The van der Waals surface area contributed by atoms with Gasteiger partial charge in [0.1, 0.15) is 11.7 Å². The number of esters is 1. The first-order valence-corrected chi connectivity index (χ1v) is 10.3. The first-order valence-electron chi connectivity index (χ1n) is 10.3. The van der Waals surface area contributed by atoms with Crippen LogP contribution >= 0.6 is 0 Å². The van der Waals surface area contributed by atoms with E-state index in [0.29, 0.717) is 11.4 Å². The summed E-state index contributed by atoms with van der Waals surface area (Å²) in [5.41, 5.74) is 3.82. The molecular formula is C25H19N2O4+. The Morgan fingerprint density at radius 1 is 0.871 bits per heavy atom. The first-order chi connectivity index (χ1) is 15.1. The smallest absolute Gasteiger partial charge is 0.308 e. The molecule has 0 unspecified atom stereocenters. The second-order valence-corrected chi connectivity index (χ2v) is 8.24. The van der Waals surface area contributed by atoms with E-state index in [9.17, 15) is 14.4 Å². The van der Waals surface area contributed by atoms with Crippen LogP contribution in [0.4, 0.5) is 5.69 Å². The number of rotatable bonds is 2. The van der Waals surface area contributed by atoms with Crippen LogP contribution in [0, 0.1) is 11.8 Å². The van der Waals surface area contributed by atoms with Crippen molar-refractivity contribution in [1.29, 1.82) is 0 Å². The van der Waals surface area contributed by atoms with Gasteiger partial charge in [-0.2, -0.15) is 4.57 Å². The maximum atomic E-state index is 13.6. The third kappa shape index (κ3) is 2.39. The number of nitrogens with zero attached hydrogens (tertiary/aromatic N) is 2. The molecule has 2 bridgehead atoms. The summed E-state index contributed by atoms with van der Waals surface area (Å²) in [6.07, 6.45) is 2.01. The van der Waals surface area contributed by atoms with Crippen molar-refractivity contribution in [2.75, 3.05) is 4.90 Å². The fraction of sp³-hybridized carbons (Fsp3) is 0.200. The second-order valence-electron chi connectivity index (χ2n) is 8.24. The lowest BCUT2D eigenvalue weighted by Gasteiger charge is -2.40. The second kappa shape index (κ2) is 6.35. The summed E-state index contributed by atoms with van der Waals surface area (Å²) in [7, 11) is 0. The zero-order chi connectivity index (χ0) is 21.3. The number of pyridine rings is 1. The van der Waals surface area contributed by atoms with Gasteiger partial charge in [-0.3, -0.25) is 14.4 Å². The van der Waals surface area contributed by atoms with Crippen molar-refractivity contribution in [2.45, 2.75) is 18.9 Å². The van der Waals surface area contributed by atoms with Crippen molar-refractivity contribution < 1.29 is 23.7 Å². The van der Waals surface area contributed by atoms with Crippen molar-refractivity contribution in [3.05, 3.63) is 89.7 Å². The van der Waals surface area contributed by atoms with E-state index in [0.717, 1.165) is 16.8 Å². The SMILES string of the molecule is CC(=O)Oc1ccc(N2C(=O)[C@@H]3[C@H]4c5ccccc5[C@@H]([C@@H]3C2=O)[n+]2ccccc24)cc1. The van der Waals surface area contributed by atoms with Crippen molar-refractivity contribution in [3.8, 4) is 5.75 Å². The number of imide groups is 1. The quantitative estimate of drug-likeness (QED) is 0.282. The topological polar surface area (TPSA) is 67.6 Å². The van der Waals surface area contributed by atoms with E-state index in [2.05, 4.69) is 22.8 Å². The molecule has 7 rings (SSSR count). The molecule has 1 saturated heterocycles. The number of amides is 2. The Morgan fingerprint density at radius 3 is 2.29 bits per heavy atom. The minimum atomic E-state index is -0.444. The first kappa shape index (κ1) is 18.0. The predicted octanol–water partition coefficient (Wildman–Crippen LogP) is 2.75. The van der Waals surface area contributed by atoms with E-state index in [-0.39, 0.29) is 23.8 Å². The summed E-state index contributed by atoms with van der Waals surface area (Å²) in [6, 6.07) is 20.4. The van der Waals surface area contributed by atoms with Crippen molar-refractivity contribution in [1.82, 2.24) is 0 Å². The number of hydrogen-bond donors (Lipinski definition) is 0. The monoisotopic (exact) mass is 411 g/mol. The van der Waals surface area contributed by atoms with Crippen LogP contribution in [0.1, 0.15) is 35.7 Å². The van der Waals surface area contributed by atoms with Gasteiger partial charge in [0.15, 0.2) is 17.9 Å². The van der Waals surface area contributed by atoms with E-state index in [4.69, 9.17) is 4.74 Å². The average molecular weight is 411 g/mol. The molecule has 2 aromatic carbocycles. The Hall–Kier alpha value is -3.80. The van der Waals surface area contributed by atoms with Gasteiger partial charge >= 0.3 is 5.97 Å². The maximum absolute atomic E-state index is 13.6. The summed E-state index contributed by atoms with van der Waals surface area (Å²) < 4.78 is 7.24. The van der Waals surface area contributed by atoms with Crippen LogP contribution in [0.3, 0.4) is 0 Å². The average Bonchev–Trinajstić information content (AvgIpc) is 3.05. The molecule has 1 aromatic heterocycles. The van der Waals surface area contributed by atoms with E-state index >= 15 is 0 Å². The van der Waals surface area contributed by atoms with Crippen LogP contribution in [-0.4, -0.2) is 17.8 Å². The number of carbonyl (C=O) groups excluding carboxylic acids is 3. The number of ether oxygens (including phenoxy) is 1. The molecule has 4 atom stereocenters. The number of benzene rings is 2. The van der Waals surface area contributed by atoms with E-state index in [1.165, 1.54) is 11.8 Å². The molecule has 4 aliphatic rings. The Bertz CT molecular complexity index is 1150. The number of hydrogen-bond acceptors (Lipinski definition) is 4. The van der Waals surface area contributed by atoms with Gasteiger partial charge in [0.2, 0.25) is 11.8 Å². The predicted molar refractivity (Wildman–Crippen MR) is 110 cm³/mol. The lowest BCUT2D eigenvalue weighted by atomic mass is 9.63. The van der Waals surface area contributed by atoms with E-state index in [1.54, 1.807) is 24.3 Å². The molecular weight excluding hydrogens is 392 g/mol. The summed E-state index contributed by atoms with van der Waals surface area (Å²) >= 11 is 0. The minimum absolute atomic E-state index is 0.158. The number of anilines is 1. The van der Waals surface area contributed by atoms with Crippen molar-refractivity contribution in [3.63, 3.8) is 0 Å². The van der Waals surface area contributed by atoms with Crippen LogP contribution in [0.25, 0.3) is 0 Å². The highest BCUT2D eigenvalue weighted by molar-refractivity contribution is 6.23. The minimum Gasteiger partial charge on any atom is -0.427 e. The van der Waals surface area contributed by atoms with Gasteiger partial charge < -0.3 is 4.74 Å². The molecule has 3 aliphatic heterocycles. The number of carbonyl (C=O) groups is 3. The third-order valence-electron chi connectivity index (χ3n) is 6.64. The van der Waals surface area contributed by atoms with E-state index < -0.39 is 17.8 Å². The molecule has 1 aliphatic carbocycles. The molecule has 4 heterocycles. The van der Waals surface area contributed by atoms with Crippen molar-refractivity contribution >= 4 is 23.5 Å². The molecule has 152 valence electrons. The molecule has 3 aromatic rings. The Balaban J connectivity index is 1.46. The summed E-state index contributed by atoms with van der Waals surface area (Å²) in [5.74, 6) is -1.42. The molecule has 0 N–H and O–H groups in total.